The van der Waals surface area contributed by atoms with Crippen LogP contribution in [0.4, 0.5) is 5.69 Å². The van der Waals surface area contributed by atoms with Crippen LogP contribution in [0.25, 0.3) is 10.9 Å². The van der Waals surface area contributed by atoms with Crippen molar-refractivity contribution in [3.05, 3.63) is 28.6 Å². The van der Waals surface area contributed by atoms with Gasteiger partial charge in [0.25, 0.3) is 0 Å². The van der Waals surface area contributed by atoms with Crippen molar-refractivity contribution in [2.24, 2.45) is 11.8 Å². The van der Waals surface area contributed by atoms with Crippen LogP contribution in [0.5, 0.6) is 6.08 Å². The lowest BCUT2D eigenvalue weighted by Gasteiger charge is -2.26. The minimum atomic E-state index is -0.496. The van der Waals surface area contributed by atoms with E-state index < -0.39 is 5.63 Å². The Balaban J connectivity index is 1.49. The molecular formula is C21H26N2O4S. The summed E-state index contributed by atoms with van der Waals surface area (Å²) in [6.07, 6.45) is 8.10. The van der Waals surface area contributed by atoms with Crippen LogP contribution < -0.4 is 15.7 Å². The van der Waals surface area contributed by atoms with Gasteiger partial charge < -0.3 is 14.5 Å². The summed E-state index contributed by atoms with van der Waals surface area (Å²) in [5.74, 6) is 1.23. The van der Waals surface area contributed by atoms with Crippen LogP contribution in [0.1, 0.15) is 51.9 Å². The van der Waals surface area contributed by atoms with Gasteiger partial charge in [-0.3, -0.25) is 4.79 Å². The molecule has 0 radical (unpaired) electrons. The Hall–Kier alpha value is -2.28. The fraction of sp³-hybridized carbons (Fsp3) is 0.524. The summed E-state index contributed by atoms with van der Waals surface area (Å²) in [6.45, 7) is 1.89. The number of benzene rings is 1. The average molecular weight is 403 g/mol. The van der Waals surface area contributed by atoms with Gasteiger partial charge in [0.05, 0.1) is 17.5 Å². The smallest absolute Gasteiger partial charge is 0.397 e. The Labute approximate surface area is 169 Å². The van der Waals surface area contributed by atoms with E-state index in [1.165, 1.54) is 39.0 Å². The topological polar surface area (TPSA) is 81.4 Å². The summed E-state index contributed by atoms with van der Waals surface area (Å²) < 4.78 is 10.7. The third kappa shape index (κ3) is 5.61. The van der Waals surface area contributed by atoms with Crippen molar-refractivity contribution >= 4 is 40.1 Å². The average Bonchev–Trinajstić information content (AvgIpc) is 2.67. The molecule has 0 unspecified atom stereocenters. The molecule has 6 nitrogen and oxygen atoms in total. The highest BCUT2D eigenvalue weighted by molar-refractivity contribution is 7.79. The molecule has 28 heavy (non-hydrogen) atoms. The summed E-state index contributed by atoms with van der Waals surface area (Å²) in [5.41, 5.74) is 0.518. The number of anilines is 1. The summed E-state index contributed by atoms with van der Waals surface area (Å²) in [4.78, 5) is 27.5. The van der Waals surface area contributed by atoms with Gasteiger partial charge in [0.2, 0.25) is 5.91 Å². The van der Waals surface area contributed by atoms with Crippen molar-refractivity contribution in [2.75, 3.05) is 11.9 Å². The van der Waals surface area contributed by atoms with E-state index in [1.807, 2.05) is 5.37 Å². The molecule has 1 aliphatic carbocycles. The van der Waals surface area contributed by atoms with Gasteiger partial charge in [0.15, 0.2) is 0 Å². The number of nitrogens with zero attached hydrogens (tertiary/aromatic N) is 1. The molecule has 7 heteroatoms. The number of carbonyl (C=O) groups excluding carboxylic acids is 1. The van der Waals surface area contributed by atoms with Crippen molar-refractivity contribution in [1.29, 1.82) is 0 Å². The number of carbonyl (C=O) groups is 1. The Bertz CT molecular complexity index is 888. The highest BCUT2D eigenvalue weighted by atomic mass is 32.1. The molecule has 0 bridgehead atoms. The first-order valence-corrected chi connectivity index (χ1v) is 10.3. The Morgan fingerprint density at radius 1 is 1.32 bits per heavy atom. The zero-order chi connectivity index (χ0) is 19.9. The number of fused-ring (bicyclic) bond motifs is 1. The van der Waals surface area contributed by atoms with E-state index in [-0.39, 0.29) is 12.0 Å². The predicted octanol–water partition coefficient (Wildman–Crippen LogP) is 4.50. The second kappa shape index (κ2) is 9.78. The molecule has 150 valence electrons. The molecule has 1 aliphatic rings. The quantitative estimate of drug-likeness (QED) is 0.517. The van der Waals surface area contributed by atoms with Crippen LogP contribution in [-0.2, 0) is 4.79 Å². The maximum Gasteiger partial charge on any atom is 0.397 e. The number of hydrogen-bond acceptors (Lipinski definition) is 6. The minimum Gasteiger partial charge on any atom is -0.450 e. The predicted molar refractivity (Wildman–Crippen MR) is 113 cm³/mol. The van der Waals surface area contributed by atoms with Gasteiger partial charge in [-0.25, -0.2) is 4.79 Å². The van der Waals surface area contributed by atoms with Crippen LogP contribution in [0.15, 0.2) is 27.4 Å². The van der Waals surface area contributed by atoms with Gasteiger partial charge in [0.1, 0.15) is 0 Å². The summed E-state index contributed by atoms with van der Waals surface area (Å²) >= 11 is 5.05. The second-order valence-electron chi connectivity index (χ2n) is 7.44. The van der Waals surface area contributed by atoms with E-state index in [0.717, 1.165) is 18.8 Å². The molecule has 1 aromatic heterocycles. The van der Waals surface area contributed by atoms with E-state index in [4.69, 9.17) is 21.4 Å². The van der Waals surface area contributed by atoms with Gasteiger partial charge in [-0.1, -0.05) is 18.6 Å². The molecular weight excluding hydrogens is 376 g/mol. The number of unbranched alkanes of at least 4 members (excludes halogenated alkanes) is 1. The SMILES string of the molecule is CC(=O)Nc1ccc2c(=O)oc(OCCCCC3CCC(C=S)CC3)nc2c1. The monoisotopic (exact) mass is 402 g/mol. The van der Waals surface area contributed by atoms with E-state index in [0.29, 0.717) is 29.1 Å². The van der Waals surface area contributed by atoms with E-state index >= 15 is 0 Å². The van der Waals surface area contributed by atoms with Crippen molar-refractivity contribution in [3.8, 4) is 6.08 Å². The molecule has 2 aromatic rings. The molecule has 1 amide bonds. The third-order valence-electron chi connectivity index (χ3n) is 5.25. The molecule has 1 fully saturated rings. The van der Waals surface area contributed by atoms with Gasteiger partial charge in [-0.05, 0) is 73.9 Å². The molecule has 1 saturated carbocycles. The largest absolute Gasteiger partial charge is 0.450 e. The second-order valence-corrected chi connectivity index (χ2v) is 7.71. The van der Waals surface area contributed by atoms with E-state index in [9.17, 15) is 9.59 Å². The third-order valence-corrected chi connectivity index (χ3v) is 5.63. The Kier molecular flexibility index (Phi) is 7.14. The van der Waals surface area contributed by atoms with Crippen LogP contribution >= 0.6 is 12.2 Å². The molecule has 0 saturated heterocycles. The Morgan fingerprint density at radius 3 is 2.82 bits per heavy atom. The first kappa shape index (κ1) is 20.5. The van der Waals surface area contributed by atoms with Gasteiger partial charge >= 0.3 is 11.7 Å². The fourth-order valence-electron chi connectivity index (χ4n) is 3.70. The van der Waals surface area contributed by atoms with Crippen molar-refractivity contribution < 1.29 is 13.9 Å². The lowest BCUT2D eigenvalue weighted by Crippen LogP contribution is -2.15. The molecule has 0 aliphatic heterocycles. The number of aromatic nitrogens is 1. The minimum absolute atomic E-state index is 0.0287. The van der Waals surface area contributed by atoms with Crippen LogP contribution in [0.3, 0.4) is 0 Å². The highest BCUT2D eigenvalue weighted by Gasteiger charge is 2.19. The van der Waals surface area contributed by atoms with Crippen molar-refractivity contribution in [3.63, 3.8) is 0 Å². The zero-order valence-corrected chi connectivity index (χ0v) is 16.9. The molecule has 0 atom stereocenters. The number of rotatable bonds is 8. The van der Waals surface area contributed by atoms with Gasteiger partial charge in [-0.15, -0.1) is 0 Å². The van der Waals surface area contributed by atoms with Crippen LogP contribution in [0, 0.1) is 11.8 Å². The lowest BCUT2D eigenvalue weighted by atomic mass is 9.81. The van der Waals surface area contributed by atoms with Crippen molar-refractivity contribution in [1.82, 2.24) is 4.98 Å². The zero-order valence-electron chi connectivity index (χ0n) is 16.1. The van der Waals surface area contributed by atoms with Gasteiger partial charge in [0, 0.05) is 12.6 Å². The Morgan fingerprint density at radius 2 is 2.11 bits per heavy atom. The first-order valence-electron chi connectivity index (χ1n) is 9.85. The molecule has 0 spiro atoms. The summed E-state index contributed by atoms with van der Waals surface area (Å²) in [6, 6.07) is 4.86. The first-order chi connectivity index (χ1) is 13.5. The maximum atomic E-state index is 12.1. The fourth-order valence-corrected chi connectivity index (χ4v) is 3.97. The molecule has 1 aromatic carbocycles. The number of nitrogens with one attached hydrogen (secondary N) is 1. The molecule has 1 N–H and O–H groups in total. The number of thiocarbonyl (C=S) groups is 1. The lowest BCUT2D eigenvalue weighted by molar-refractivity contribution is -0.114. The van der Waals surface area contributed by atoms with Gasteiger partial charge in [-0.2, -0.15) is 4.98 Å². The van der Waals surface area contributed by atoms with E-state index in [2.05, 4.69) is 10.3 Å². The number of amides is 1. The number of ether oxygens (including phenoxy) is 1. The summed E-state index contributed by atoms with van der Waals surface area (Å²) in [7, 11) is 0. The maximum absolute atomic E-state index is 12.1. The number of hydrogen-bond donors (Lipinski definition) is 1. The van der Waals surface area contributed by atoms with Crippen molar-refractivity contribution in [2.45, 2.75) is 51.9 Å². The van der Waals surface area contributed by atoms with E-state index in [1.54, 1.807) is 18.2 Å². The molecule has 3 rings (SSSR count). The standard InChI is InChI=1S/C21H26N2O4S/c1-14(24)22-17-9-10-18-19(12-17)23-21(27-20(18)25)26-11-3-2-4-15-5-7-16(13-28)8-6-15/h9-10,12-13,15-16H,2-8,11H2,1H3,(H,22,24). The van der Waals surface area contributed by atoms with Crippen LogP contribution in [-0.4, -0.2) is 22.9 Å². The normalized spacial score (nSPS) is 19.3. The highest BCUT2D eigenvalue weighted by Crippen LogP contribution is 2.31. The van der Waals surface area contributed by atoms with Crippen LogP contribution in [0.2, 0.25) is 0 Å². The summed E-state index contributed by atoms with van der Waals surface area (Å²) in [5, 5.41) is 4.95. The molecule has 1 heterocycles.